The minimum Gasteiger partial charge on any atom is -0.326 e. The number of fused-ring (bicyclic) bond motifs is 1. The van der Waals surface area contributed by atoms with Gasteiger partial charge in [0.1, 0.15) is 5.82 Å². The molecule has 0 spiro atoms. The zero-order valence-corrected chi connectivity index (χ0v) is 14.9. The van der Waals surface area contributed by atoms with Crippen molar-refractivity contribution in [1.29, 1.82) is 0 Å². The maximum atomic E-state index is 12.6. The smallest absolute Gasteiger partial charge is 0.255 e. The van der Waals surface area contributed by atoms with E-state index in [4.69, 9.17) is 11.6 Å². The SMILES string of the molecule is O=C(Nc1ccccc1Cl)c1ccnc(N2CCCc3ccccc32)c1. The molecule has 130 valence electrons. The predicted octanol–water partition coefficient (Wildman–Crippen LogP) is 5.07. The number of aromatic nitrogens is 1. The van der Waals surface area contributed by atoms with Crippen LogP contribution in [-0.2, 0) is 6.42 Å². The predicted molar refractivity (Wildman–Crippen MR) is 105 cm³/mol. The highest BCUT2D eigenvalue weighted by atomic mass is 35.5. The lowest BCUT2D eigenvalue weighted by molar-refractivity contribution is 0.102. The van der Waals surface area contributed by atoms with Crippen LogP contribution in [0.25, 0.3) is 0 Å². The normalized spacial score (nSPS) is 13.2. The van der Waals surface area contributed by atoms with Crippen molar-refractivity contribution < 1.29 is 4.79 Å². The van der Waals surface area contributed by atoms with Gasteiger partial charge < -0.3 is 10.2 Å². The van der Waals surface area contributed by atoms with E-state index < -0.39 is 0 Å². The number of anilines is 3. The molecule has 0 saturated heterocycles. The molecule has 0 radical (unpaired) electrons. The minimum absolute atomic E-state index is 0.202. The molecule has 4 nitrogen and oxygen atoms in total. The number of hydrogen-bond acceptors (Lipinski definition) is 3. The van der Waals surface area contributed by atoms with Crippen molar-refractivity contribution in [2.24, 2.45) is 0 Å². The Labute approximate surface area is 157 Å². The first kappa shape index (κ1) is 16.6. The molecule has 0 fully saturated rings. The fraction of sp³-hybridized carbons (Fsp3) is 0.143. The highest BCUT2D eigenvalue weighted by Gasteiger charge is 2.19. The van der Waals surface area contributed by atoms with Crippen LogP contribution in [0.3, 0.4) is 0 Å². The van der Waals surface area contributed by atoms with Crippen LogP contribution in [0.4, 0.5) is 17.2 Å². The van der Waals surface area contributed by atoms with Crippen LogP contribution in [0.5, 0.6) is 0 Å². The Kier molecular flexibility index (Phi) is 4.59. The first-order chi connectivity index (χ1) is 12.7. The summed E-state index contributed by atoms with van der Waals surface area (Å²) in [7, 11) is 0. The van der Waals surface area contributed by atoms with Crippen molar-refractivity contribution in [2.75, 3.05) is 16.8 Å². The molecule has 1 aliphatic rings. The van der Waals surface area contributed by atoms with Gasteiger partial charge >= 0.3 is 0 Å². The molecule has 2 heterocycles. The highest BCUT2D eigenvalue weighted by molar-refractivity contribution is 6.33. The summed E-state index contributed by atoms with van der Waals surface area (Å²) in [5.41, 5.74) is 3.63. The molecule has 1 amide bonds. The lowest BCUT2D eigenvalue weighted by Gasteiger charge is -2.30. The monoisotopic (exact) mass is 363 g/mol. The second-order valence-corrected chi connectivity index (χ2v) is 6.63. The molecule has 0 bridgehead atoms. The van der Waals surface area contributed by atoms with Gasteiger partial charge in [0.2, 0.25) is 0 Å². The first-order valence-corrected chi connectivity index (χ1v) is 8.97. The molecule has 2 aromatic carbocycles. The number of carbonyl (C=O) groups excluding carboxylic acids is 1. The van der Waals surface area contributed by atoms with Gasteiger partial charge in [0.05, 0.1) is 10.7 Å². The van der Waals surface area contributed by atoms with Gasteiger partial charge in [-0.25, -0.2) is 4.98 Å². The fourth-order valence-electron chi connectivity index (χ4n) is 3.24. The van der Waals surface area contributed by atoms with Gasteiger partial charge in [0.25, 0.3) is 5.91 Å². The zero-order valence-electron chi connectivity index (χ0n) is 14.2. The topological polar surface area (TPSA) is 45.2 Å². The molecule has 5 heteroatoms. The third kappa shape index (κ3) is 3.28. The number of rotatable bonds is 3. The molecule has 1 N–H and O–H groups in total. The van der Waals surface area contributed by atoms with E-state index in [0.29, 0.717) is 16.3 Å². The lowest BCUT2D eigenvalue weighted by Crippen LogP contribution is -2.25. The van der Waals surface area contributed by atoms with Crippen molar-refractivity contribution in [3.05, 3.63) is 83.0 Å². The van der Waals surface area contributed by atoms with E-state index in [-0.39, 0.29) is 5.91 Å². The Morgan fingerprint density at radius 2 is 1.88 bits per heavy atom. The van der Waals surface area contributed by atoms with Gasteiger partial charge in [-0.2, -0.15) is 0 Å². The number of aryl methyl sites for hydroxylation is 1. The number of benzene rings is 2. The molecule has 26 heavy (non-hydrogen) atoms. The van der Waals surface area contributed by atoms with E-state index in [1.54, 1.807) is 24.4 Å². The number of carbonyl (C=O) groups is 1. The van der Waals surface area contributed by atoms with Crippen LogP contribution in [0.15, 0.2) is 66.9 Å². The second kappa shape index (κ2) is 7.18. The molecule has 0 saturated carbocycles. The molecule has 4 rings (SSSR count). The van der Waals surface area contributed by atoms with Gasteiger partial charge in [-0.1, -0.05) is 41.9 Å². The Morgan fingerprint density at radius 1 is 1.08 bits per heavy atom. The number of amides is 1. The van der Waals surface area contributed by atoms with Crippen LogP contribution < -0.4 is 10.2 Å². The highest BCUT2D eigenvalue weighted by Crippen LogP contribution is 2.32. The van der Waals surface area contributed by atoms with Crippen molar-refractivity contribution in [2.45, 2.75) is 12.8 Å². The van der Waals surface area contributed by atoms with Crippen LogP contribution in [0, 0.1) is 0 Å². The standard InChI is InChI=1S/C21H18ClN3O/c22-17-8-2-3-9-18(17)24-21(26)16-11-12-23-20(14-16)25-13-5-7-15-6-1-4-10-19(15)25/h1-4,6,8-12,14H,5,7,13H2,(H,24,26). The van der Waals surface area contributed by atoms with E-state index in [1.807, 2.05) is 24.3 Å². The Morgan fingerprint density at radius 3 is 2.77 bits per heavy atom. The number of hydrogen-bond donors (Lipinski definition) is 1. The largest absolute Gasteiger partial charge is 0.326 e. The van der Waals surface area contributed by atoms with E-state index in [1.165, 1.54) is 5.56 Å². The number of nitrogens with one attached hydrogen (secondary N) is 1. The van der Waals surface area contributed by atoms with Crippen LogP contribution in [-0.4, -0.2) is 17.4 Å². The van der Waals surface area contributed by atoms with E-state index in [2.05, 4.69) is 33.4 Å². The third-order valence-corrected chi connectivity index (χ3v) is 4.85. The molecule has 0 atom stereocenters. The van der Waals surface area contributed by atoms with E-state index in [0.717, 1.165) is 30.9 Å². The number of nitrogens with zero attached hydrogens (tertiary/aromatic N) is 2. The molecular formula is C21H18ClN3O. The van der Waals surface area contributed by atoms with Gasteiger partial charge in [0, 0.05) is 24.0 Å². The third-order valence-electron chi connectivity index (χ3n) is 4.52. The quantitative estimate of drug-likeness (QED) is 0.706. The molecule has 3 aromatic rings. The van der Waals surface area contributed by atoms with Gasteiger partial charge in [0.15, 0.2) is 0 Å². The van der Waals surface area contributed by atoms with Crippen molar-refractivity contribution in [3.8, 4) is 0 Å². The average molecular weight is 364 g/mol. The maximum Gasteiger partial charge on any atom is 0.255 e. The van der Waals surface area contributed by atoms with Gasteiger partial charge in [-0.05, 0) is 48.7 Å². The molecule has 0 unspecified atom stereocenters. The summed E-state index contributed by atoms with van der Waals surface area (Å²) >= 11 is 6.13. The zero-order chi connectivity index (χ0) is 17.9. The fourth-order valence-corrected chi connectivity index (χ4v) is 3.42. The number of pyridine rings is 1. The summed E-state index contributed by atoms with van der Waals surface area (Å²) < 4.78 is 0. The lowest BCUT2D eigenvalue weighted by atomic mass is 10.0. The van der Waals surface area contributed by atoms with Crippen LogP contribution in [0.2, 0.25) is 5.02 Å². The number of para-hydroxylation sites is 2. The molecule has 1 aromatic heterocycles. The van der Waals surface area contributed by atoms with E-state index in [9.17, 15) is 4.79 Å². The maximum absolute atomic E-state index is 12.6. The van der Waals surface area contributed by atoms with Crippen molar-refractivity contribution >= 4 is 34.7 Å². The van der Waals surface area contributed by atoms with Gasteiger partial charge in [-0.3, -0.25) is 4.79 Å². The Hall–Kier alpha value is -2.85. The molecule has 0 aliphatic carbocycles. The van der Waals surface area contributed by atoms with Crippen LogP contribution >= 0.6 is 11.6 Å². The van der Waals surface area contributed by atoms with Gasteiger partial charge in [-0.15, -0.1) is 0 Å². The van der Waals surface area contributed by atoms with Crippen molar-refractivity contribution in [1.82, 2.24) is 4.98 Å². The molecular weight excluding hydrogens is 346 g/mol. The summed E-state index contributed by atoms with van der Waals surface area (Å²) in [4.78, 5) is 19.3. The van der Waals surface area contributed by atoms with Crippen LogP contribution in [0.1, 0.15) is 22.3 Å². The first-order valence-electron chi connectivity index (χ1n) is 8.60. The second-order valence-electron chi connectivity index (χ2n) is 6.22. The summed E-state index contributed by atoms with van der Waals surface area (Å²) in [6.45, 7) is 0.888. The summed E-state index contributed by atoms with van der Waals surface area (Å²) in [6, 6.07) is 19.1. The summed E-state index contributed by atoms with van der Waals surface area (Å²) in [6.07, 6.45) is 3.81. The Balaban J connectivity index is 1.62. The summed E-state index contributed by atoms with van der Waals surface area (Å²) in [5.74, 6) is 0.580. The van der Waals surface area contributed by atoms with Crippen molar-refractivity contribution in [3.63, 3.8) is 0 Å². The minimum atomic E-state index is -0.202. The summed E-state index contributed by atoms with van der Waals surface area (Å²) in [5, 5.41) is 3.37. The molecule has 1 aliphatic heterocycles. The number of halogens is 1. The van der Waals surface area contributed by atoms with E-state index >= 15 is 0 Å². The average Bonchev–Trinajstić information content (AvgIpc) is 2.69. The Bertz CT molecular complexity index is 957.